The van der Waals surface area contributed by atoms with Gasteiger partial charge in [-0.1, -0.05) is 60.7 Å². The van der Waals surface area contributed by atoms with E-state index in [1.54, 1.807) is 0 Å². The third kappa shape index (κ3) is 6.38. The molecule has 2 aliphatic carbocycles. The van der Waals surface area contributed by atoms with Gasteiger partial charge in [-0.15, -0.1) is 0 Å². The minimum absolute atomic E-state index is 0.769. The van der Waals surface area contributed by atoms with E-state index in [0.29, 0.717) is 0 Å². The molecule has 4 rings (SSSR count). The van der Waals surface area contributed by atoms with Gasteiger partial charge in [-0.3, -0.25) is 4.55 Å². The van der Waals surface area contributed by atoms with Gasteiger partial charge in [-0.05, 0) is 40.5 Å². The maximum absolute atomic E-state index is 10.7. The number of rotatable bonds is 2. The number of benzene rings is 3. The molecule has 9 heteroatoms. The third-order valence-corrected chi connectivity index (χ3v) is 4.54. The summed E-state index contributed by atoms with van der Waals surface area (Å²) < 4.78 is 66.0. The standard InChI is InChI=1S/C12H8.C6H6OS.CHF3O3S/c1-2-4-9(5-3-1)11-7-6-10-8-12(10)11;7-8-6-4-2-1-3-5-6;2-1(3,4)8(5,6)7/h1-8H;1-5,7H;(H,5,6,7). The van der Waals surface area contributed by atoms with Crippen LogP contribution >= 0.6 is 12.0 Å². The van der Waals surface area contributed by atoms with Crippen LogP contribution in [0.2, 0.25) is 0 Å². The Morgan fingerprint density at radius 3 is 1.57 bits per heavy atom. The van der Waals surface area contributed by atoms with Gasteiger partial charge < -0.3 is 4.55 Å². The molecule has 0 atom stereocenters. The van der Waals surface area contributed by atoms with Crippen molar-refractivity contribution >= 4 is 22.2 Å². The van der Waals surface area contributed by atoms with E-state index in [-0.39, 0.29) is 0 Å². The molecule has 0 fully saturated rings. The van der Waals surface area contributed by atoms with Crippen molar-refractivity contribution < 1.29 is 30.7 Å². The summed E-state index contributed by atoms with van der Waals surface area (Å²) in [6, 6.07) is 26.5. The average molecular weight is 428 g/mol. The van der Waals surface area contributed by atoms with E-state index in [0.717, 1.165) is 16.9 Å². The van der Waals surface area contributed by atoms with Crippen molar-refractivity contribution in [2.45, 2.75) is 10.4 Å². The van der Waals surface area contributed by atoms with Crippen LogP contribution in [0.5, 0.6) is 0 Å². The van der Waals surface area contributed by atoms with E-state index in [1.165, 1.54) is 22.3 Å². The lowest BCUT2D eigenvalue weighted by Crippen LogP contribution is -2.21. The van der Waals surface area contributed by atoms with Gasteiger partial charge in [0.05, 0.1) is 0 Å². The zero-order valence-corrected chi connectivity index (χ0v) is 15.8. The summed E-state index contributed by atoms with van der Waals surface area (Å²) in [7, 11) is -5.84. The van der Waals surface area contributed by atoms with Crippen molar-refractivity contribution in [2.75, 3.05) is 0 Å². The molecule has 2 N–H and O–H groups in total. The quantitative estimate of drug-likeness (QED) is 0.233. The summed E-state index contributed by atoms with van der Waals surface area (Å²) in [5, 5.41) is 0. The lowest BCUT2D eigenvalue weighted by molar-refractivity contribution is -0.0510. The van der Waals surface area contributed by atoms with E-state index in [9.17, 15) is 13.2 Å². The Labute approximate surface area is 164 Å². The fraction of sp³-hybridized carbons (Fsp3) is 0.0526. The molecule has 0 spiro atoms. The summed E-state index contributed by atoms with van der Waals surface area (Å²) >= 11 is 0.769. The van der Waals surface area contributed by atoms with Gasteiger partial charge in [0.25, 0.3) is 0 Å². The molecule has 0 unspecified atom stereocenters. The Kier molecular flexibility index (Phi) is 7.25. The highest BCUT2D eigenvalue weighted by molar-refractivity contribution is 7.93. The Morgan fingerprint density at radius 1 is 0.750 bits per heavy atom. The van der Waals surface area contributed by atoms with Gasteiger partial charge >= 0.3 is 15.6 Å². The average Bonchev–Trinajstić information content (AvgIpc) is 3.32. The monoisotopic (exact) mass is 428 g/mol. The van der Waals surface area contributed by atoms with Crippen LogP contribution in [0.4, 0.5) is 13.2 Å². The maximum Gasteiger partial charge on any atom is 0.522 e. The van der Waals surface area contributed by atoms with Gasteiger partial charge in [0.1, 0.15) is 0 Å². The number of halogens is 3. The lowest BCUT2D eigenvalue weighted by Gasteiger charge is -1.97. The Bertz CT molecular complexity index is 1010. The predicted molar refractivity (Wildman–Crippen MR) is 103 cm³/mol. The van der Waals surface area contributed by atoms with Gasteiger partial charge in [0.2, 0.25) is 0 Å². The summed E-state index contributed by atoms with van der Waals surface area (Å²) in [6.45, 7) is 0. The highest BCUT2D eigenvalue weighted by Crippen LogP contribution is 2.43. The normalized spacial score (nSPS) is 11.5. The fourth-order valence-corrected chi connectivity index (χ4v) is 2.38. The minimum Gasteiger partial charge on any atom is -0.325 e. The molecule has 28 heavy (non-hydrogen) atoms. The van der Waals surface area contributed by atoms with Crippen LogP contribution in [0, 0.1) is 0 Å². The van der Waals surface area contributed by atoms with Crippen LogP contribution in [-0.4, -0.2) is 23.0 Å². The zero-order chi connectivity index (χ0) is 20.8. The highest BCUT2D eigenvalue weighted by Gasteiger charge is 2.44. The number of alkyl halides is 3. The van der Waals surface area contributed by atoms with E-state index < -0.39 is 15.6 Å². The van der Waals surface area contributed by atoms with Crippen molar-refractivity contribution in [2.24, 2.45) is 0 Å². The molecule has 0 radical (unpaired) electrons. The first-order valence-corrected chi connectivity index (χ1v) is 9.95. The van der Waals surface area contributed by atoms with Crippen molar-refractivity contribution in [3.8, 4) is 22.3 Å². The van der Waals surface area contributed by atoms with E-state index in [2.05, 4.69) is 48.5 Å². The summed E-state index contributed by atoms with van der Waals surface area (Å²) in [5.41, 5.74) is 0.0145. The zero-order valence-electron chi connectivity index (χ0n) is 14.2. The third-order valence-electron chi connectivity index (χ3n) is 3.47. The second-order valence-corrected chi connectivity index (χ2v) is 7.52. The van der Waals surface area contributed by atoms with Crippen molar-refractivity contribution in [3.05, 3.63) is 78.9 Å². The Hall–Kier alpha value is -2.33. The Morgan fingerprint density at radius 2 is 1.25 bits per heavy atom. The molecule has 0 bridgehead atoms. The van der Waals surface area contributed by atoms with Crippen LogP contribution in [0.15, 0.2) is 83.8 Å². The van der Waals surface area contributed by atoms with E-state index in [1.807, 2.05) is 30.3 Å². The molecule has 0 aliphatic heterocycles. The molecule has 0 saturated carbocycles. The van der Waals surface area contributed by atoms with Crippen LogP contribution in [0.3, 0.4) is 0 Å². The first-order chi connectivity index (χ1) is 13.1. The first-order valence-electron chi connectivity index (χ1n) is 7.73. The van der Waals surface area contributed by atoms with Gasteiger partial charge in [0.15, 0.2) is 0 Å². The number of fused-ring (bicyclic) bond motifs is 1. The predicted octanol–water partition coefficient (Wildman–Crippen LogP) is 5.98. The largest absolute Gasteiger partial charge is 0.522 e. The van der Waals surface area contributed by atoms with E-state index in [4.69, 9.17) is 17.5 Å². The van der Waals surface area contributed by atoms with Crippen molar-refractivity contribution in [1.29, 1.82) is 0 Å². The van der Waals surface area contributed by atoms with Crippen LogP contribution < -0.4 is 0 Å². The fourth-order valence-electron chi connectivity index (χ4n) is 2.10. The van der Waals surface area contributed by atoms with Crippen LogP contribution in [0.25, 0.3) is 22.3 Å². The van der Waals surface area contributed by atoms with Gasteiger partial charge in [-0.25, -0.2) is 0 Å². The molecule has 0 amide bonds. The molecule has 0 saturated heterocycles. The minimum atomic E-state index is -5.84. The number of hydrogen-bond acceptors (Lipinski definition) is 4. The number of hydrogen-bond donors (Lipinski definition) is 2. The molecule has 2 aromatic rings. The molecule has 148 valence electrons. The molecular formula is C19H15F3O4S2. The van der Waals surface area contributed by atoms with Crippen molar-refractivity contribution in [3.63, 3.8) is 0 Å². The second-order valence-electron chi connectivity index (χ2n) is 5.45. The Balaban J connectivity index is 0.000000157. The molecule has 4 nitrogen and oxygen atoms in total. The van der Waals surface area contributed by atoms with Gasteiger partial charge in [0, 0.05) is 16.9 Å². The molecule has 0 aromatic heterocycles. The van der Waals surface area contributed by atoms with Crippen molar-refractivity contribution in [1.82, 2.24) is 0 Å². The van der Waals surface area contributed by atoms with E-state index >= 15 is 0 Å². The second kappa shape index (κ2) is 9.24. The molecular weight excluding hydrogens is 413 g/mol. The summed E-state index contributed by atoms with van der Waals surface area (Å²) in [4.78, 5) is 0.882. The molecule has 0 heterocycles. The van der Waals surface area contributed by atoms with Crippen LogP contribution in [0.1, 0.15) is 0 Å². The van der Waals surface area contributed by atoms with Crippen LogP contribution in [-0.2, 0) is 10.1 Å². The molecule has 2 aliphatic rings. The topological polar surface area (TPSA) is 74.6 Å². The SMILES string of the molecule is O=S(=O)(O)C(F)(F)F.OSc1ccccc1.c1ccc(-c2ccc3cc2-3)cc1. The maximum atomic E-state index is 10.7. The lowest BCUT2D eigenvalue weighted by atomic mass is 10.1. The van der Waals surface area contributed by atoms with Gasteiger partial charge in [-0.2, -0.15) is 21.6 Å². The summed E-state index contributed by atoms with van der Waals surface area (Å²) in [6.07, 6.45) is 0. The first kappa shape index (κ1) is 22.0. The molecule has 2 aromatic carbocycles. The smallest absolute Gasteiger partial charge is 0.325 e. The highest BCUT2D eigenvalue weighted by atomic mass is 32.2. The summed E-state index contributed by atoms with van der Waals surface area (Å²) in [5.74, 6) is 0.